The maximum Gasteiger partial charge on any atom is 0.228 e. The van der Waals surface area contributed by atoms with Crippen LogP contribution in [0, 0.1) is 23.2 Å². The van der Waals surface area contributed by atoms with Crippen LogP contribution >= 0.6 is 0 Å². The van der Waals surface area contributed by atoms with E-state index in [9.17, 15) is 4.79 Å². The molecule has 0 radical (unpaired) electrons. The van der Waals surface area contributed by atoms with E-state index in [0.717, 1.165) is 50.1 Å². The zero-order valence-electron chi connectivity index (χ0n) is 12.9. The Labute approximate surface area is 123 Å². The molecule has 0 saturated heterocycles. The molecule has 4 rings (SSSR count). The van der Waals surface area contributed by atoms with E-state index in [4.69, 9.17) is 5.73 Å². The molecule has 0 atom stereocenters. The van der Waals surface area contributed by atoms with E-state index >= 15 is 0 Å². The molecule has 4 aliphatic carbocycles. The quantitative estimate of drug-likeness (QED) is 0.759. The van der Waals surface area contributed by atoms with Gasteiger partial charge in [0.05, 0.1) is 5.41 Å². The van der Waals surface area contributed by atoms with E-state index in [2.05, 4.69) is 0 Å². The van der Waals surface area contributed by atoms with Crippen molar-refractivity contribution < 1.29 is 4.79 Å². The lowest BCUT2D eigenvalue weighted by Crippen LogP contribution is -2.54. The summed E-state index contributed by atoms with van der Waals surface area (Å²) in [7, 11) is 2.02. The number of rotatable bonds is 6. The molecule has 0 unspecified atom stereocenters. The molecular formula is C17H30N2O. The molecule has 1 amide bonds. The van der Waals surface area contributed by atoms with Crippen molar-refractivity contribution in [1.82, 2.24) is 4.90 Å². The van der Waals surface area contributed by atoms with Crippen LogP contribution in [0.25, 0.3) is 0 Å². The number of carbonyl (C=O) groups is 1. The van der Waals surface area contributed by atoms with Crippen LogP contribution in [0.1, 0.15) is 57.8 Å². The minimum atomic E-state index is 0.0391. The molecule has 0 aromatic rings. The van der Waals surface area contributed by atoms with Gasteiger partial charge < -0.3 is 10.6 Å². The number of amides is 1. The summed E-state index contributed by atoms with van der Waals surface area (Å²) < 4.78 is 0. The average Bonchev–Trinajstić information content (AvgIpc) is 2.41. The molecular weight excluding hydrogens is 248 g/mol. The molecule has 4 fully saturated rings. The molecule has 0 aromatic heterocycles. The fourth-order valence-corrected chi connectivity index (χ4v) is 5.55. The molecule has 4 bridgehead atoms. The zero-order chi connectivity index (χ0) is 14.2. The number of hydrogen-bond acceptors (Lipinski definition) is 2. The molecule has 4 aliphatic rings. The third-order valence-electron chi connectivity index (χ3n) is 6.04. The SMILES string of the molecule is CN(CCCCCN)C(=O)C12CC3CC(CC(C3)C1)C2. The van der Waals surface area contributed by atoms with Gasteiger partial charge in [-0.05, 0) is 75.7 Å². The van der Waals surface area contributed by atoms with Crippen molar-refractivity contribution in [2.45, 2.75) is 57.8 Å². The second kappa shape index (κ2) is 5.67. The third kappa shape index (κ3) is 2.61. The van der Waals surface area contributed by atoms with E-state index < -0.39 is 0 Å². The standard InChI is InChI=1S/C17H30N2O/c1-19(6-4-2-3-5-18)16(20)17-10-13-7-14(11-17)9-15(8-13)12-17/h13-15H,2-12,18H2,1H3. The van der Waals surface area contributed by atoms with Crippen molar-refractivity contribution in [3.63, 3.8) is 0 Å². The van der Waals surface area contributed by atoms with Gasteiger partial charge in [0.2, 0.25) is 5.91 Å². The Morgan fingerprint density at radius 3 is 2.10 bits per heavy atom. The van der Waals surface area contributed by atoms with Crippen LogP contribution in [-0.2, 0) is 4.79 Å². The van der Waals surface area contributed by atoms with E-state index in [1.54, 1.807) is 0 Å². The highest BCUT2D eigenvalue weighted by Gasteiger charge is 2.55. The predicted molar refractivity (Wildman–Crippen MR) is 81.1 cm³/mol. The fourth-order valence-electron chi connectivity index (χ4n) is 5.55. The van der Waals surface area contributed by atoms with Gasteiger partial charge in [0.25, 0.3) is 0 Å². The minimum absolute atomic E-state index is 0.0391. The van der Waals surface area contributed by atoms with Gasteiger partial charge in [-0.25, -0.2) is 0 Å². The summed E-state index contributed by atoms with van der Waals surface area (Å²) in [6.07, 6.45) is 11.1. The second-order valence-corrected chi connectivity index (χ2v) is 7.77. The summed E-state index contributed by atoms with van der Waals surface area (Å²) in [5.41, 5.74) is 5.57. The van der Waals surface area contributed by atoms with Crippen molar-refractivity contribution in [2.75, 3.05) is 20.1 Å². The van der Waals surface area contributed by atoms with Crippen LogP contribution in [0.15, 0.2) is 0 Å². The Bertz CT molecular complexity index is 331. The summed E-state index contributed by atoms with van der Waals surface area (Å²) >= 11 is 0. The number of nitrogens with two attached hydrogens (primary N) is 1. The first kappa shape index (κ1) is 14.4. The first-order chi connectivity index (χ1) is 9.63. The molecule has 3 nitrogen and oxygen atoms in total. The molecule has 20 heavy (non-hydrogen) atoms. The number of hydrogen-bond donors (Lipinski definition) is 1. The van der Waals surface area contributed by atoms with E-state index in [0.29, 0.717) is 5.91 Å². The van der Waals surface area contributed by atoms with Gasteiger partial charge in [0.15, 0.2) is 0 Å². The van der Waals surface area contributed by atoms with Gasteiger partial charge in [-0.2, -0.15) is 0 Å². The van der Waals surface area contributed by atoms with Crippen molar-refractivity contribution in [1.29, 1.82) is 0 Å². The molecule has 2 N–H and O–H groups in total. The predicted octanol–water partition coefficient (Wildman–Crippen LogP) is 2.79. The highest BCUT2D eigenvalue weighted by atomic mass is 16.2. The van der Waals surface area contributed by atoms with Crippen molar-refractivity contribution >= 4 is 5.91 Å². The lowest BCUT2D eigenvalue weighted by Gasteiger charge is -2.56. The Kier molecular flexibility index (Phi) is 4.07. The summed E-state index contributed by atoms with van der Waals surface area (Å²) in [6.45, 7) is 1.69. The Morgan fingerprint density at radius 1 is 1.05 bits per heavy atom. The molecule has 3 heteroatoms. The first-order valence-electron chi connectivity index (χ1n) is 8.58. The van der Waals surface area contributed by atoms with Gasteiger partial charge in [-0.1, -0.05) is 6.42 Å². The molecule has 114 valence electrons. The lowest BCUT2D eigenvalue weighted by atomic mass is 9.49. The minimum Gasteiger partial charge on any atom is -0.345 e. The van der Waals surface area contributed by atoms with Gasteiger partial charge in [-0.3, -0.25) is 4.79 Å². The highest BCUT2D eigenvalue weighted by molar-refractivity contribution is 5.83. The van der Waals surface area contributed by atoms with Gasteiger partial charge >= 0.3 is 0 Å². The summed E-state index contributed by atoms with van der Waals surface area (Å²) in [5.74, 6) is 3.03. The van der Waals surface area contributed by atoms with Crippen molar-refractivity contribution in [3.05, 3.63) is 0 Å². The summed E-state index contributed by atoms with van der Waals surface area (Å²) in [5, 5.41) is 0. The summed E-state index contributed by atoms with van der Waals surface area (Å²) in [4.78, 5) is 15.0. The Morgan fingerprint density at radius 2 is 1.60 bits per heavy atom. The molecule has 0 aromatic carbocycles. The maximum absolute atomic E-state index is 13.0. The van der Waals surface area contributed by atoms with Crippen LogP contribution in [0.3, 0.4) is 0 Å². The molecule has 0 spiro atoms. The zero-order valence-corrected chi connectivity index (χ0v) is 12.9. The molecule has 4 saturated carbocycles. The summed E-state index contributed by atoms with van der Waals surface area (Å²) in [6, 6.07) is 0. The van der Waals surface area contributed by atoms with Crippen LogP contribution in [0.2, 0.25) is 0 Å². The normalized spacial score (nSPS) is 38.2. The number of nitrogens with zero attached hydrogens (tertiary/aromatic N) is 1. The second-order valence-electron chi connectivity index (χ2n) is 7.77. The van der Waals surface area contributed by atoms with E-state index in [1.807, 2.05) is 11.9 Å². The van der Waals surface area contributed by atoms with Gasteiger partial charge in [-0.15, -0.1) is 0 Å². The van der Waals surface area contributed by atoms with E-state index in [1.165, 1.54) is 38.5 Å². The van der Waals surface area contributed by atoms with E-state index in [-0.39, 0.29) is 5.41 Å². The highest BCUT2D eigenvalue weighted by Crippen LogP contribution is 2.60. The van der Waals surface area contributed by atoms with Crippen LogP contribution in [0.5, 0.6) is 0 Å². The van der Waals surface area contributed by atoms with Gasteiger partial charge in [0, 0.05) is 13.6 Å². The Hall–Kier alpha value is -0.570. The number of unbranched alkanes of at least 4 members (excludes halogenated alkanes) is 2. The van der Waals surface area contributed by atoms with Crippen LogP contribution in [-0.4, -0.2) is 30.9 Å². The van der Waals surface area contributed by atoms with Crippen LogP contribution < -0.4 is 5.73 Å². The number of carbonyl (C=O) groups excluding carboxylic acids is 1. The van der Waals surface area contributed by atoms with Crippen molar-refractivity contribution in [3.8, 4) is 0 Å². The van der Waals surface area contributed by atoms with Crippen molar-refractivity contribution in [2.24, 2.45) is 28.9 Å². The smallest absolute Gasteiger partial charge is 0.228 e. The average molecular weight is 278 g/mol. The topological polar surface area (TPSA) is 46.3 Å². The lowest BCUT2D eigenvalue weighted by molar-refractivity contribution is -0.156. The van der Waals surface area contributed by atoms with Gasteiger partial charge in [0.1, 0.15) is 0 Å². The first-order valence-corrected chi connectivity index (χ1v) is 8.58. The Balaban J connectivity index is 1.59. The maximum atomic E-state index is 13.0. The molecule has 0 aliphatic heterocycles. The third-order valence-corrected chi connectivity index (χ3v) is 6.04. The molecule has 0 heterocycles. The fraction of sp³-hybridized carbons (Fsp3) is 0.941. The van der Waals surface area contributed by atoms with Crippen LogP contribution in [0.4, 0.5) is 0 Å². The monoisotopic (exact) mass is 278 g/mol. The largest absolute Gasteiger partial charge is 0.345 e.